The van der Waals surface area contributed by atoms with Crippen LogP contribution in [0.4, 0.5) is 5.69 Å². The number of pyridine rings is 2. The lowest BCUT2D eigenvalue weighted by molar-refractivity contribution is 0.101. The Kier molecular flexibility index (Phi) is 6.88. The molecular formula is C29H38N6O2. The number of fused-ring (bicyclic) bond motifs is 1. The van der Waals surface area contributed by atoms with Gasteiger partial charge in [0.25, 0.3) is 5.56 Å². The van der Waals surface area contributed by atoms with Gasteiger partial charge in [-0.3, -0.25) is 24.0 Å². The third-order valence-electron chi connectivity index (χ3n) is 8.04. The molecule has 1 aliphatic heterocycles. The molecule has 1 aliphatic carbocycles. The van der Waals surface area contributed by atoms with E-state index in [1.165, 1.54) is 6.92 Å². The van der Waals surface area contributed by atoms with Gasteiger partial charge >= 0.3 is 0 Å². The van der Waals surface area contributed by atoms with E-state index in [0.29, 0.717) is 23.5 Å². The van der Waals surface area contributed by atoms with E-state index in [1.807, 2.05) is 19.2 Å². The van der Waals surface area contributed by atoms with Crippen LogP contribution in [0.25, 0.3) is 11.0 Å². The molecule has 4 heterocycles. The first-order chi connectivity index (χ1) is 17.6. The molecule has 196 valence electrons. The molecule has 0 amide bonds. The molecule has 2 aliphatic rings. The second-order valence-electron chi connectivity index (χ2n) is 11.5. The molecule has 1 saturated carbocycles. The molecule has 5 rings (SSSR count). The van der Waals surface area contributed by atoms with E-state index >= 15 is 0 Å². The molecule has 0 radical (unpaired) electrons. The lowest BCUT2D eigenvalue weighted by atomic mass is 10.0. The number of carbonyl (C=O) groups excluding carboxylic acids is 1. The van der Waals surface area contributed by atoms with Gasteiger partial charge in [0.1, 0.15) is 11.5 Å². The number of Topliss-reactive ketones (excluding diaryl/α,β-unsaturated/α-hetero) is 1. The van der Waals surface area contributed by atoms with Gasteiger partial charge in [-0.25, -0.2) is 9.97 Å². The van der Waals surface area contributed by atoms with Gasteiger partial charge in [-0.2, -0.15) is 0 Å². The van der Waals surface area contributed by atoms with Gasteiger partial charge in [-0.05, 0) is 65.2 Å². The van der Waals surface area contributed by atoms with Crippen molar-refractivity contribution >= 4 is 22.5 Å². The number of aromatic nitrogens is 4. The van der Waals surface area contributed by atoms with Gasteiger partial charge in [0.05, 0.1) is 23.9 Å². The van der Waals surface area contributed by atoms with Gasteiger partial charge in [0.2, 0.25) is 0 Å². The third-order valence-corrected chi connectivity index (χ3v) is 8.04. The molecule has 0 aromatic carbocycles. The van der Waals surface area contributed by atoms with E-state index in [2.05, 4.69) is 41.6 Å². The molecule has 0 spiro atoms. The lowest BCUT2D eigenvalue weighted by Gasteiger charge is -2.43. The minimum Gasteiger partial charge on any atom is -0.368 e. The standard InChI is InChI=1S/C29H38N6O2/c1-19-24-18-31-25(32-27(24)35(22-8-6-7-9-22)28(37)26(19)20(2)36)16-21-10-11-23(17-30-21)33-12-14-34(15-13-33)29(3,4)5/h10-11,17-18,22H,6-9,12-16H2,1-5H3. The normalized spacial score (nSPS) is 17.6. The number of ketones is 1. The molecule has 0 atom stereocenters. The fourth-order valence-corrected chi connectivity index (χ4v) is 5.87. The molecule has 3 aromatic rings. The van der Waals surface area contributed by atoms with Crippen LogP contribution < -0.4 is 10.5 Å². The summed E-state index contributed by atoms with van der Waals surface area (Å²) in [6, 6.07) is 4.26. The van der Waals surface area contributed by atoms with Crippen molar-refractivity contribution in [3.8, 4) is 0 Å². The van der Waals surface area contributed by atoms with Crippen molar-refractivity contribution in [3.05, 3.63) is 57.5 Å². The van der Waals surface area contributed by atoms with Crippen molar-refractivity contribution in [3.63, 3.8) is 0 Å². The van der Waals surface area contributed by atoms with E-state index in [-0.39, 0.29) is 28.5 Å². The number of hydrogen-bond acceptors (Lipinski definition) is 7. The van der Waals surface area contributed by atoms with Gasteiger partial charge in [0, 0.05) is 55.0 Å². The number of piperazine rings is 1. The average molecular weight is 503 g/mol. The molecule has 0 unspecified atom stereocenters. The molecule has 8 nitrogen and oxygen atoms in total. The summed E-state index contributed by atoms with van der Waals surface area (Å²) in [5.41, 5.74) is 3.57. The highest BCUT2D eigenvalue weighted by Gasteiger charge is 2.27. The van der Waals surface area contributed by atoms with Gasteiger partial charge in [-0.15, -0.1) is 0 Å². The van der Waals surface area contributed by atoms with E-state index in [9.17, 15) is 9.59 Å². The number of nitrogens with zero attached hydrogens (tertiary/aromatic N) is 6. The predicted octanol–water partition coefficient (Wildman–Crippen LogP) is 4.32. The fourth-order valence-electron chi connectivity index (χ4n) is 5.87. The molecule has 0 bridgehead atoms. The Morgan fingerprint density at radius 3 is 2.32 bits per heavy atom. The molecule has 2 fully saturated rings. The van der Waals surface area contributed by atoms with Crippen LogP contribution in [0.3, 0.4) is 0 Å². The highest BCUT2D eigenvalue weighted by Crippen LogP contribution is 2.31. The monoisotopic (exact) mass is 502 g/mol. The number of anilines is 1. The Labute approximate surface area is 218 Å². The first kappa shape index (κ1) is 25.5. The first-order valence-corrected chi connectivity index (χ1v) is 13.5. The number of carbonyl (C=O) groups is 1. The lowest BCUT2D eigenvalue weighted by Crippen LogP contribution is -2.53. The zero-order chi connectivity index (χ0) is 26.3. The summed E-state index contributed by atoms with van der Waals surface area (Å²) >= 11 is 0. The van der Waals surface area contributed by atoms with E-state index < -0.39 is 0 Å². The van der Waals surface area contributed by atoms with E-state index in [4.69, 9.17) is 9.97 Å². The maximum Gasteiger partial charge on any atom is 0.263 e. The van der Waals surface area contributed by atoms with Crippen molar-refractivity contribution in [1.29, 1.82) is 0 Å². The Hall–Kier alpha value is -3.13. The summed E-state index contributed by atoms with van der Waals surface area (Å²) in [4.78, 5) is 44.9. The Morgan fingerprint density at radius 2 is 1.73 bits per heavy atom. The van der Waals surface area contributed by atoms with Crippen molar-refractivity contribution in [2.24, 2.45) is 0 Å². The zero-order valence-electron chi connectivity index (χ0n) is 22.8. The number of hydrogen-bond donors (Lipinski definition) is 0. The van der Waals surface area contributed by atoms with Crippen LogP contribution in [0.15, 0.2) is 29.3 Å². The quantitative estimate of drug-likeness (QED) is 0.480. The topological polar surface area (TPSA) is 84.2 Å². The molecule has 37 heavy (non-hydrogen) atoms. The van der Waals surface area contributed by atoms with Gasteiger partial charge in [-0.1, -0.05) is 12.8 Å². The summed E-state index contributed by atoms with van der Waals surface area (Å²) in [5.74, 6) is 0.428. The predicted molar refractivity (Wildman–Crippen MR) is 147 cm³/mol. The SMILES string of the molecule is CC(=O)c1c(C)c2cnc(Cc3ccc(N4CCN(C(C)(C)C)CC4)cn3)nc2n(C2CCCC2)c1=O. The maximum atomic E-state index is 13.4. The minimum absolute atomic E-state index is 0.0765. The van der Waals surface area contributed by atoms with Crippen molar-refractivity contribution in [2.75, 3.05) is 31.1 Å². The first-order valence-electron chi connectivity index (χ1n) is 13.5. The van der Waals surface area contributed by atoms with Gasteiger partial charge in [0.15, 0.2) is 5.78 Å². The maximum absolute atomic E-state index is 13.4. The van der Waals surface area contributed by atoms with Crippen molar-refractivity contribution in [2.45, 2.75) is 78.3 Å². The minimum atomic E-state index is -0.219. The summed E-state index contributed by atoms with van der Waals surface area (Å²) in [6.07, 6.45) is 8.24. The summed E-state index contributed by atoms with van der Waals surface area (Å²) in [6.45, 7) is 14.2. The molecule has 1 saturated heterocycles. The van der Waals surface area contributed by atoms with Crippen molar-refractivity contribution < 1.29 is 4.79 Å². The zero-order valence-corrected chi connectivity index (χ0v) is 22.8. The summed E-state index contributed by atoms with van der Waals surface area (Å²) in [5, 5.41) is 0.776. The fraction of sp³-hybridized carbons (Fsp3) is 0.552. The van der Waals surface area contributed by atoms with Crippen LogP contribution in [0, 0.1) is 6.92 Å². The van der Waals surface area contributed by atoms with E-state index in [1.54, 1.807) is 10.8 Å². The third kappa shape index (κ3) is 5.04. The highest BCUT2D eigenvalue weighted by atomic mass is 16.1. The number of rotatable bonds is 5. The number of aryl methyl sites for hydroxylation is 1. The van der Waals surface area contributed by atoms with Crippen LogP contribution in [-0.4, -0.2) is 61.9 Å². The molecule has 3 aromatic heterocycles. The molecular weight excluding hydrogens is 464 g/mol. The molecule has 8 heteroatoms. The van der Waals surface area contributed by atoms with Crippen molar-refractivity contribution in [1.82, 2.24) is 24.4 Å². The summed E-state index contributed by atoms with van der Waals surface area (Å²) < 4.78 is 1.77. The smallest absolute Gasteiger partial charge is 0.263 e. The average Bonchev–Trinajstić information content (AvgIpc) is 3.38. The van der Waals surface area contributed by atoms with Crippen LogP contribution >= 0.6 is 0 Å². The Balaban J connectivity index is 1.40. The van der Waals surface area contributed by atoms with Crippen LogP contribution in [0.5, 0.6) is 0 Å². The van der Waals surface area contributed by atoms with Gasteiger partial charge < -0.3 is 4.90 Å². The summed E-state index contributed by atoms with van der Waals surface area (Å²) in [7, 11) is 0. The van der Waals surface area contributed by atoms with Crippen LogP contribution in [-0.2, 0) is 6.42 Å². The van der Waals surface area contributed by atoms with Crippen LogP contribution in [0.2, 0.25) is 0 Å². The Bertz CT molecular complexity index is 1360. The second kappa shape index (κ2) is 9.97. The Morgan fingerprint density at radius 1 is 1.03 bits per heavy atom. The highest BCUT2D eigenvalue weighted by molar-refractivity contribution is 5.99. The van der Waals surface area contributed by atoms with E-state index in [0.717, 1.165) is 68.6 Å². The molecule has 0 N–H and O–H groups in total. The second-order valence-corrected chi connectivity index (χ2v) is 11.5. The largest absolute Gasteiger partial charge is 0.368 e. The van der Waals surface area contributed by atoms with Crippen LogP contribution in [0.1, 0.15) is 86.9 Å².